The van der Waals surface area contributed by atoms with Crippen molar-refractivity contribution < 1.29 is 18.9 Å². The van der Waals surface area contributed by atoms with Gasteiger partial charge in [0.25, 0.3) is 0 Å². The van der Waals surface area contributed by atoms with E-state index in [4.69, 9.17) is 28.9 Å². The summed E-state index contributed by atoms with van der Waals surface area (Å²) in [6.07, 6.45) is 10.1. The molecule has 4 aliphatic heterocycles. The van der Waals surface area contributed by atoms with E-state index in [1.165, 1.54) is 12.1 Å². The predicted octanol–water partition coefficient (Wildman–Crippen LogP) is 8.58. The number of allylic oxidation sites excluding steroid dienone is 3. The van der Waals surface area contributed by atoms with Gasteiger partial charge in [-0.05, 0) is 133 Å². The lowest BCUT2D eigenvalue weighted by molar-refractivity contribution is 0.268. The molecular weight excluding hydrogens is 771 g/mol. The van der Waals surface area contributed by atoms with Gasteiger partial charge < -0.3 is 33.8 Å². The zero-order valence-electron chi connectivity index (χ0n) is 35.4. The molecular formula is C53H49N5O4. The third kappa shape index (κ3) is 7.23. The van der Waals surface area contributed by atoms with Gasteiger partial charge in [-0.2, -0.15) is 0 Å². The van der Waals surface area contributed by atoms with Gasteiger partial charge in [0.05, 0.1) is 51.5 Å². The van der Waals surface area contributed by atoms with E-state index in [9.17, 15) is 0 Å². The Morgan fingerprint density at radius 2 is 1.03 bits per heavy atom. The Morgan fingerprint density at radius 1 is 0.516 bits per heavy atom. The number of aromatic nitrogens is 2. The smallest absolute Gasteiger partial charge is 0.118 e. The molecule has 0 spiro atoms. The van der Waals surface area contributed by atoms with Crippen LogP contribution in [0.3, 0.4) is 0 Å². The molecule has 4 aromatic carbocycles. The number of nitrogens with zero attached hydrogens (tertiary/aromatic N) is 3. The lowest BCUT2D eigenvalue weighted by Gasteiger charge is -2.35. The Kier molecular flexibility index (Phi) is 10.5. The van der Waals surface area contributed by atoms with E-state index in [0.29, 0.717) is 0 Å². The molecule has 62 heavy (non-hydrogen) atoms. The van der Waals surface area contributed by atoms with Crippen LogP contribution in [0.4, 0.5) is 0 Å². The minimum Gasteiger partial charge on any atom is -0.497 e. The molecule has 2 aromatic heterocycles. The third-order valence-electron chi connectivity index (χ3n) is 12.5. The van der Waals surface area contributed by atoms with Crippen molar-refractivity contribution in [2.75, 3.05) is 41.5 Å². The van der Waals surface area contributed by atoms with E-state index >= 15 is 0 Å². The molecule has 0 radical (unpaired) electrons. The van der Waals surface area contributed by atoms with Crippen LogP contribution in [0.15, 0.2) is 161 Å². The van der Waals surface area contributed by atoms with Gasteiger partial charge in [-0.15, -0.1) is 0 Å². The number of aromatic amines is 2. The number of hydrogen-bond acceptors (Lipinski definition) is 7. The minimum absolute atomic E-state index is 0.153. The number of rotatable bonds is 9. The summed E-state index contributed by atoms with van der Waals surface area (Å²) in [5.41, 5.74) is 13.1. The number of methoxy groups -OCH3 is 4. The number of benzene rings is 4. The molecule has 2 unspecified atom stereocenters. The topological polar surface area (TPSA) is 96.5 Å². The van der Waals surface area contributed by atoms with Crippen LogP contribution in [0, 0.1) is 0 Å². The molecule has 310 valence electrons. The van der Waals surface area contributed by atoms with Gasteiger partial charge in [-0.3, -0.25) is 4.99 Å². The van der Waals surface area contributed by atoms with Gasteiger partial charge in [0, 0.05) is 57.6 Å². The van der Waals surface area contributed by atoms with Crippen molar-refractivity contribution >= 4 is 28.1 Å². The van der Waals surface area contributed by atoms with Gasteiger partial charge in [0.1, 0.15) is 29.0 Å². The second-order valence-electron chi connectivity index (χ2n) is 16.0. The van der Waals surface area contributed by atoms with E-state index < -0.39 is 0 Å². The standard InChI is InChI=1S/C53H49N5O4/c1-59-37-16-8-33(9-17-37)49-41-24-25-42(54-41)50(34-10-18-38(60-2)19-11-34)44-28-29-46(56-44)52(36-14-22-40(62-4)23-15-36)53-48(58-30-6-5-7-31-58)32-47(57-53)51(45-27-26-43(49)55-45)35-12-20-39(61-3)21-13-35/h8-29,32,52-53,55-56H,5-7,30-31H2,1-4H3/b49-43-,50-42-,51-45-. The second kappa shape index (κ2) is 16.7. The lowest BCUT2D eigenvalue weighted by Crippen LogP contribution is -2.35. The van der Waals surface area contributed by atoms with Crippen LogP contribution >= 0.6 is 0 Å². The molecule has 10 rings (SSSR count). The van der Waals surface area contributed by atoms with Crippen molar-refractivity contribution in [2.24, 2.45) is 9.98 Å². The summed E-state index contributed by atoms with van der Waals surface area (Å²) < 4.78 is 22.5. The quantitative estimate of drug-likeness (QED) is 0.153. The Labute approximate surface area is 361 Å². The zero-order valence-corrected chi connectivity index (χ0v) is 35.4. The number of piperidine rings is 1. The van der Waals surface area contributed by atoms with E-state index in [0.717, 1.165) is 127 Å². The van der Waals surface area contributed by atoms with Crippen molar-refractivity contribution in [1.82, 2.24) is 14.9 Å². The van der Waals surface area contributed by atoms with Crippen molar-refractivity contribution in [3.63, 3.8) is 0 Å². The maximum atomic E-state index is 5.84. The predicted molar refractivity (Wildman–Crippen MR) is 247 cm³/mol. The fraction of sp³-hybridized carbons (Fsp3) is 0.208. The summed E-state index contributed by atoms with van der Waals surface area (Å²) in [6, 6.07) is 41.7. The maximum Gasteiger partial charge on any atom is 0.118 e. The highest BCUT2D eigenvalue weighted by Crippen LogP contribution is 2.41. The molecule has 2 atom stereocenters. The van der Waals surface area contributed by atoms with Gasteiger partial charge in [0.2, 0.25) is 0 Å². The number of nitrogens with one attached hydrogen (secondary N) is 2. The highest BCUT2D eigenvalue weighted by molar-refractivity contribution is 6.31. The summed E-state index contributed by atoms with van der Waals surface area (Å²) in [5.74, 6) is 3.04. The molecule has 6 heterocycles. The van der Waals surface area contributed by atoms with Gasteiger partial charge in [0.15, 0.2) is 0 Å². The van der Waals surface area contributed by atoms with Gasteiger partial charge in [-0.1, -0.05) is 48.5 Å². The molecule has 6 aromatic rings. The average molecular weight is 820 g/mol. The van der Waals surface area contributed by atoms with Crippen LogP contribution in [0.2, 0.25) is 0 Å². The van der Waals surface area contributed by atoms with Crippen LogP contribution in [0.5, 0.6) is 23.0 Å². The molecule has 1 saturated heterocycles. The maximum absolute atomic E-state index is 5.84. The summed E-state index contributed by atoms with van der Waals surface area (Å²) in [6.45, 7) is 1.97. The van der Waals surface area contributed by atoms with E-state index in [1.54, 1.807) is 28.4 Å². The molecule has 1 fully saturated rings. The molecule has 0 amide bonds. The monoisotopic (exact) mass is 819 g/mol. The number of hydrogen-bond donors (Lipinski definition) is 2. The number of aliphatic imine (C=N–C) groups is 2. The van der Waals surface area contributed by atoms with Gasteiger partial charge in [-0.25, -0.2) is 4.99 Å². The average Bonchev–Trinajstić information content (AvgIpc) is 4.18. The first kappa shape index (κ1) is 38.9. The normalized spacial score (nSPS) is 21.3. The molecule has 8 bridgehead atoms. The molecule has 9 nitrogen and oxygen atoms in total. The van der Waals surface area contributed by atoms with Crippen molar-refractivity contribution in [3.05, 3.63) is 195 Å². The molecule has 0 saturated carbocycles. The number of likely N-dealkylation sites (tertiary alicyclic amines) is 1. The minimum atomic E-state index is -0.229. The second-order valence-corrected chi connectivity index (χ2v) is 16.0. The van der Waals surface area contributed by atoms with E-state index in [1.807, 2.05) is 36.4 Å². The summed E-state index contributed by atoms with van der Waals surface area (Å²) in [5, 5.41) is 1.89. The van der Waals surface area contributed by atoms with E-state index in [-0.39, 0.29) is 12.0 Å². The number of fused-ring (bicyclic) bond motifs is 6. The Hall–Kier alpha value is -7.26. The molecule has 2 N–H and O–H groups in total. The Morgan fingerprint density at radius 3 is 1.58 bits per heavy atom. The molecule has 9 heteroatoms. The van der Waals surface area contributed by atoms with Crippen molar-refractivity contribution in [3.8, 4) is 23.0 Å². The van der Waals surface area contributed by atoms with Crippen molar-refractivity contribution in [2.45, 2.75) is 31.2 Å². The SMILES string of the molecule is COc1ccc(/C2=C3\C=CC(=N3)/C(c3ccc(OC)cc3)=c3/cc/c([nH]3)=C(\c3ccc(OC)cc3)C3=NC(C(N4CCCCC4)=C3)C(c3ccc(OC)cc3)c3ccc2[nH]3)cc1. The van der Waals surface area contributed by atoms with Crippen LogP contribution in [0.25, 0.3) is 16.7 Å². The number of ether oxygens (including phenoxy) is 4. The van der Waals surface area contributed by atoms with Crippen LogP contribution in [0.1, 0.15) is 58.8 Å². The zero-order chi connectivity index (χ0) is 42.2. The highest BCUT2D eigenvalue weighted by Gasteiger charge is 2.37. The summed E-state index contributed by atoms with van der Waals surface area (Å²) >= 11 is 0. The largest absolute Gasteiger partial charge is 0.497 e. The van der Waals surface area contributed by atoms with Gasteiger partial charge >= 0.3 is 0 Å². The fourth-order valence-corrected chi connectivity index (χ4v) is 9.30. The molecule has 0 aliphatic carbocycles. The highest BCUT2D eigenvalue weighted by atomic mass is 16.5. The first-order valence-corrected chi connectivity index (χ1v) is 21.3. The van der Waals surface area contributed by atoms with Crippen LogP contribution < -0.4 is 29.6 Å². The lowest BCUT2D eigenvalue weighted by atomic mass is 9.86. The van der Waals surface area contributed by atoms with Crippen LogP contribution in [-0.2, 0) is 0 Å². The first-order valence-electron chi connectivity index (χ1n) is 21.3. The Balaban J connectivity index is 1.30. The van der Waals surface area contributed by atoms with Crippen molar-refractivity contribution in [1.29, 1.82) is 0 Å². The first-order chi connectivity index (χ1) is 30.5. The summed E-state index contributed by atoms with van der Waals surface area (Å²) in [7, 11) is 6.80. The molecule has 4 aliphatic rings. The number of H-pyrrole nitrogens is 2. The van der Waals surface area contributed by atoms with Crippen LogP contribution in [-0.4, -0.2) is 73.9 Å². The third-order valence-corrected chi connectivity index (χ3v) is 12.5. The summed E-state index contributed by atoms with van der Waals surface area (Å²) in [4.78, 5) is 21.7. The fourth-order valence-electron chi connectivity index (χ4n) is 9.30. The van der Waals surface area contributed by atoms with E-state index in [2.05, 4.69) is 118 Å². The Bertz CT molecular complexity index is 2910.